The number of benzene rings is 1. The summed E-state index contributed by atoms with van der Waals surface area (Å²) in [5.41, 5.74) is 2.59. The van der Waals surface area contributed by atoms with E-state index in [1.165, 1.54) is 0 Å². The average molecular weight is 282 g/mol. The van der Waals surface area contributed by atoms with Crippen LogP contribution < -0.4 is 10.1 Å². The van der Waals surface area contributed by atoms with E-state index < -0.39 is 0 Å². The van der Waals surface area contributed by atoms with E-state index in [1.807, 2.05) is 6.92 Å². The number of aryl methyl sites for hydroxylation is 1. The number of fused-ring (bicyclic) bond motifs is 1. The summed E-state index contributed by atoms with van der Waals surface area (Å²) in [5.74, 6) is 0.467. The molecule has 1 aromatic carbocycles. The van der Waals surface area contributed by atoms with Gasteiger partial charge in [0.15, 0.2) is 5.65 Å². The lowest BCUT2D eigenvalue weighted by Gasteiger charge is -2.06. The smallest absolute Gasteiger partial charge is 0.276 e. The van der Waals surface area contributed by atoms with Gasteiger partial charge in [0.05, 0.1) is 19.0 Å². The molecule has 0 aliphatic heterocycles. The summed E-state index contributed by atoms with van der Waals surface area (Å²) in [6.07, 6.45) is 1.78. The molecule has 0 fully saturated rings. The molecule has 0 spiro atoms. The molecule has 21 heavy (non-hydrogen) atoms. The molecule has 1 amide bonds. The highest BCUT2D eigenvalue weighted by Crippen LogP contribution is 2.15. The lowest BCUT2D eigenvalue weighted by Crippen LogP contribution is -2.15. The summed E-state index contributed by atoms with van der Waals surface area (Å²) in [6, 6.07) is 10.5. The Morgan fingerprint density at radius 2 is 1.95 bits per heavy atom. The molecule has 3 rings (SSSR count). The molecular formula is C15H14N4O2. The molecular weight excluding hydrogens is 268 g/mol. The fraction of sp³-hybridized carbons (Fsp3) is 0.133. The van der Waals surface area contributed by atoms with Crippen LogP contribution in [0.25, 0.3) is 5.65 Å². The van der Waals surface area contributed by atoms with E-state index in [9.17, 15) is 4.79 Å². The molecule has 106 valence electrons. The average Bonchev–Trinajstić information content (AvgIpc) is 2.87. The molecule has 0 radical (unpaired) electrons. The van der Waals surface area contributed by atoms with Crippen molar-refractivity contribution in [2.45, 2.75) is 6.92 Å². The van der Waals surface area contributed by atoms with Crippen LogP contribution in [0.4, 0.5) is 5.69 Å². The number of ether oxygens (including phenoxy) is 1. The van der Waals surface area contributed by atoms with Gasteiger partial charge in [-0.25, -0.2) is 9.50 Å². The van der Waals surface area contributed by atoms with Gasteiger partial charge in [-0.05, 0) is 43.3 Å². The molecule has 2 aromatic heterocycles. The van der Waals surface area contributed by atoms with E-state index >= 15 is 0 Å². The number of hydrogen-bond donors (Lipinski definition) is 1. The number of rotatable bonds is 3. The Morgan fingerprint density at radius 1 is 1.19 bits per heavy atom. The maximum absolute atomic E-state index is 12.2. The fourth-order valence-electron chi connectivity index (χ4n) is 1.99. The van der Waals surface area contributed by atoms with E-state index in [1.54, 1.807) is 54.2 Å². The number of amides is 1. The van der Waals surface area contributed by atoms with Crippen LogP contribution in [0.2, 0.25) is 0 Å². The van der Waals surface area contributed by atoms with Crippen molar-refractivity contribution in [2.24, 2.45) is 0 Å². The number of carbonyl (C=O) groups excluding carboxylic acids is 1. The largest absolute Gasteiger partial charge is 0.497 e. The molecule has 2 heterocycles. The molecule has 0 unspecified atom stereocenters. The van der Waals surface area contributed by atoms with Gasteiger partial charge in [-0.1, -0.05) is 0 Å². The molecule has 0 aliphatic carbocycles. The van der Waals surface area contributed by atoms with Gasteiger partial charge in [-0.3, -0.25) is 4.79 Å². The molecule has 0 aliphatic rings. The lowest BCUT2D eigenvalue weighted by atomic mass is 10.3. The van der Waals surface area contributed by atoms with Crippen molar-refractivity contribution in [3.63, 3.8) is 0 Å². The molecule has 0 saturated heterocycles. The van der Waals surface area contributed by atoms with Crippen molar-refractivity contribution < 1.29 is 9.53 Å². The van der Waals surface area contributed by atoms with Gasteiger partial charge < -0.3 is 10.1 Å². The number of aromatic nitrogens is 3. The maximum atomic E-state index is 12.2. The molecule has 0 bridgehead atoms. The highest BCUT2D eigenvalue weighted by molar-refractivity contribution is 6.02. The van der Waals surface area contributed by atoms with Crippen molar-refractivity contribution in [1.29, 1.82) is 0 Å². The normalized spacial score (nSPS) is 10.6. The predicted octanol–water partition coefficient (Wildman–Crippen LogP) is 2.30. The Morgan fingerprint density at radius 3 is 2.67 bits per heavy atom. The number of nitrogens with zero attached hydrogens (tertiary/aromatic N) is 3. The fourth-order valence-corrected chi connectivity index (χ4v) is 1.99. The second kappa shape index (κ2) is 5.24. The zero-order valence-corrected chi connectivity index (χ0v) is 11.7. The van der Waals surface area contributed by atoms with Crippen LogP contribution in [-0.2, 0) is 0 Å². The minimum atomic E-state index is -0.270. The molecule has 1 N–H and O–H groups in total. The van der Waals surface area contributed by atoms with Crippen LogP contribution in [0.3, 0.4) is 0 Å². The van der Waals surface area contributed by atoms with E-state index in [4.69, 9.17) is 4.74 Å². The summed E-state index contributed by atoms with van der Waals surface area (Å²) >= 11 is 0. The predicted molar refractivity (Wildman–Crippen MR) is 78.7 cm³/mol. The second-order valence-corrected chi connectivity index (χ2v) is 4.59. The van der Waals surface area contributed by atoms with Crippen LogP contribution in [-0.4, -0.2) is 27.6 Å². The van der Waals surface area contributed by atoms with Gasteiger partial charge in [0.25, 0.3) is 5.91 Å². The summed E-state index contributed by atoms with van der Waals surface area (Å²) in [6.45, 7) is 1.88. The monoisotopic (exact) mass is 282 g/mol. The molecule has 0 saturated carbocycles. The summed E-state index contributed by atoms with van der Waals surface area (Å²) < 4.78 is 6.67. The van der Waals surface area contributed by atoms with Gasteiger partial charge in [0.2, 0.25) is 0 Å². The third kappa shape index (κ3) is 2.69. The van der Waals surface area contributed by atoms with E-state index in [0.29, 0.717) is 17.0 Å². The van der Waals surface area contributed by atoms with Crippen molar-refractivity contribution in [2.75, 3.05) is 12.4 Å². The Labute approximate surface area is 121 Å². The third-order valence-electron chi connectivity index (χ3n) is 3.02. The van der Waals surface area contributed by atoms with Crippen molar-refractivity contribution >= 4 is 17.2 Å². The Bertz CT molecular complexity index is 793. The zero-order valence-electron chi connectivity index (χ0n) is 11.7. The standard InChI is InChI=1S/C15H14N4O2/c1-10-9-19-14(16-10)8-7-13(18-19)15(20)17-11-3-5-12(21-2)6-4-11/h3-9H,1-2H3,(H,17,20). The molecule has 6 nitrogen and oxygen atoms in total. The summed E-state index contributed by atoms with van der Waals surface area (Å²) in [7, 11) is 1.60. The van der Waals surface area contributed by atoms with E-state index in [0.717, 1.165) is 11.4 Å². The van der Waals surface area contributed by atoms with Crippen LogP contribution in [0, 0.1) is 6.92 Å². The van der Waals surface area contributed by atoms with Crippen LogP contribution in [0.15, 0.2) is 42.6 Å². The van der Waals surface area contributed by atoms with Crippen molar-refractivity contribution in [3.05, 3.63) is 54.0 Å². The number of anilines is 1. The zero-order chi connectivity index (χ0) is 14.8. The first-order valence-corrected chi connectivity index (χ1v) is 6.44. The second-order valence-electron chi connectivity index (χ2n) is 4.59. The molecule has 0 atom stereocenters. The number of imidazole rings is 1. The van der Waals surface area contributed by atoms with Crippen LogP contribution >= 0.6 is 0 Å². The maximum Gasteiger partial charge on any atom is 0.276 e. The summed E-state index contributed by atoms with van der Waals surface area (Å²) in [4.78, 5) is 16.5. The highest BCUT2D eigenvalue weighted by atomic mass is 16.5. The SMILES string of the molecule is COc1ccc(NC(=O)c2ccc3nc(C)cn3n2)cc1. The Kier molecular flexibility index (Phi) is 3.27. The summed E-state index contributed by atoms with van der Waals surface area (Å²) in [5, 5.41) is 7.03. The van der Waals surface area contributed by atoms with Gasteiger partial charge in [-0.15, -0.1) is 0 Å². The van der Waals surface area contributed by atoms with E-state index in [-0.39, 0.29) is 5.91 Å². The minimum absolute atomic E-state index is 0.270. The van der Waals surface area contributed by atoms with Gasteiger partial charge >= 0.3 is 0 Å². The molecule has 6 heteroatoms. The number of methoxy groups -OCH3 is 1. The van der Waals surface area contributed by atoms with Crippen LogP contribution in [0.5, 0.6) is 5.75 Å². The van der Waals surface area contributed by atoms with Crippen LogP contribution in [0.1, 0.15) is 16.2 Å². The first kappa shape index (κ1) is 13.1. The quantitative estimate of drug-likeness (QED) is 0.800. The third-order valence-corrected chi connectivity index (χ3v) is 3.02. The number of carbonyl (C=O) groups is 1. The lowest BCUT2D eigenvalue weighted by molar-refractivity contribution is 0.102. The van der Waals surface area contributed by atoms with Gasteiger partial charge in [0.1, 0.15) is 11.4 Å². The van der Waals surface area contributed by atoms with E-state index in [2.05, 4.69) is 15.4 Å². The first-order chi connectivity index (χ1) is 10.2. The Balaban J connectivity index is 1.82. The molecule has 3 aromatic rings. The van der Waals surface area contributed by atoms with Gasteiger partial charge in [-0.2, -0.15) is 5.10 Å². The van der Waals surface area contributed by atoms with Crippen molar-refractivity contribution in [1.82, 2.24) is 14.6 Å². The number of nitrogens with one attached hydrogen (secondary N) is 1. The topological polar surface area (TPSA) is 68.5 Å². The van der Waals surface area contributed by atoms with Crippen molar-refractivity contribution in [3.8, 4) is 5.75 Å². The first-order valence-electron chi connectivity index (χ1n) is 6.44. The minimum Gasteiger partial charge on any atom is -0.497 e. The Hall–Kier alpha value is -2.89. The number of hydrogen-bond acceptors (Lipinski definition) is 4. The van der Waals surface area contributed by atoms with Gasteiger partial charge in [0, 0.05) is 5.69 Å². The highest BCUT2D eigenvalue weighted by Gasteiger charge is 2.09.